The number of aromatic nitrogens is 3. The van der Waals surface area contributed by atoms with E-state index in [-0.39, 0.29) is 0 Å². The normalized spacial score (nSPS) is 16.8. The average Bonchev–Trinajstić information content (AvgIpc) is 2.96. The van der Waals surface area contributed by atoms with Crippen molar-refractivity contribution in [2.45, 2.75) is 45.4 Å². The Morgan fingerprint density at radius 1 is 1.19 bits per heavy atom. The van der Waals surface area contributed by atoms with Gasteiger partial charge < -0.3 is 5.32 Å². The van der Waals surface area contributed by atoms with E-state index < -0.39 is 0 Å². The maximum Gasteiger partial charge on any atom is 0.132 e. The van der Waals surface area contributed by atoms with Gasteiger partial charge in [-0.3, -0.25) is 4.98 Å². The molecule has 3 rings (SSSR count). The van der Waals surface area contributed by atoms with Gasteiger partial charge in [-0.05, 0) is 37.3 Å². The summed E-state index contributed by atoms with van der Waals surface area (Å²) in [7, 11) is 0. The van der Waals surface area contributed by atoms with E-state index in [9.17, 15) is 0 Å². The molecule has 1 aliphatic carbocycles. The quantitative estimate of drug-likeness (QED) is 0.914. The molecule has 110 valence electrons. The first-order valence-electron chi connectivity index (χ1n) is 7.86. The molecule has 1 unspecified atom stereocenters. The number of hydrogen-bond donors (Lipinski definition) is 1. The van der Waals surface area contributed by atoms with Crippen molar-refractivity contribution >= 4 is 5.82 Å². The van der Waals surface area contributed by atoms with Crippen molar-refractivity contribution in [3.63, 3.8) is 0 Å². The van der Waals surface area contributed by atoms with Gasteiger partial charge in [0.15, 0.2) is 0 Å². The fourth-order valence-corrected chi connectivity index (χ4v) is 3.15. The van der Waals surface area contributed by atoms with Gasteiger partial charge in [0, 0.05) is 24.2 Å². The maximum absolute atomic E-state index is 4.61. The topological polar surface area (TPSA) is 50.7 Å². The van der Waals surface area contributed by atoms with Crippen molar-refractivity contribution in [2.24, 2.45) is 0 Å². The molecule has 0 bridgehead atoms. The number of pyridine rings is 1. The van der Waals surface area contributed by atoms with Crippen LogP contribution >= 0.6 is 0 Å². The second-order valence-electron chi connectivity index (χ2n) is 5.51. The molecule has 0 aromatic carbocycles. The second-order valence-corrected chi connectivity index (χ2v) is 5.51. The van der Waals surface area contributed by atoms with Gasteiger partial charge in [-0.2, -0.15) is 0 Å². The van der Waals surface area contributed by atoms with E-state index in [1.54, 1.807) is 6.33 Å². The van der Waals surface area contributed by atoms with Gasteiger partial charge in [0.05, 0.1) is 11.4 Å². The Morgan fingerprint density at radius 3 is 2.90 bits per heavy atom. The largest absolute Gasteiger partial charge is 0.370 e. The second kappa shape index (κ2) is 6.20. The summed E-state index contributed by atoms with van der Waals surface area (Å²) in [4.78, 5) is 13.6. The van der Waals surface area contributed by atoms with Gasteiger partial charge in [-0.15, -0.1) is 0 Å². The molecule has 2 heterocycles. The molecule has 0 saturated carbocycles. The van der Waals surface area contributed by atoms with Crippen LogP contribution in [0.4, 0.5) is 5.82 Å². The number of anilines is 1. The fraction of sp³-hybridized carbons (Fsp3) is 0.471. The third-order valence-electron chi connectivity index (χ3n) is 4.16. The molecule has 1 atom stereocenters. The van der Waals surface area contributed by atoms with Gasteiger partial charge in [0.1, 0.15) is 12.1 Å². The van der Waals surface area contributed by atoms with Crippen LogP contribution in [0.2, 0.25) is 0 Å². The van der Waals surface area contributed by atoms with Crippen LogP contribution in [-0.2, 0) is 12.8 Å². The Hall–Kier alpha value is -1.97. The summed E-state index contributed by atoms with van der Waals surface area (Å²) in [6, 6.07) is 4.21. The van der Waals surface area contributed by atoms with E-state index in [0.717, 1.165) is 43.7 Å². The van der Waals surface area contributed by atoms with E-state index >= 15 is 0 Å². The smallest absolute Gasteiger partial charge is 0.132 e. The summed E-state index contributed by atoms with van der Waals surface area (Å²) in [5.74, 6) is 1.31. The molecule has 0 spiro atoms. The summed E-state index contributed by atoms with van der Waals surface area (Å²) in [5.41, 5.74) is 4.97. The van der Waals surface area contributed by atoms with Crippen LogP contribution in [0.5, 0.6) is 0 Å². The minimum atomic E-state index is 0.321. The molecule has 0 amide bonds. The van der Waals surface area contributed by atoms with Gasteiger partial charge in [-0.25, -0.2) is 9.97 Å². The lowest BCUT2D eigenvalue weighted by Crippen LogP contribution is -2.12. The molecular weight excluding hydrogens is 260 g/mol. The van der Waals surface area contributed by atoms with Crippen LogP contribution in [0.1, 0.15) is 55.1 Å². The van der Waals surface area contributed by atoms with Crippen LogP contribution in [0.25, 0.3) is 0 Å². The van der Waals surface area contributed by atoms with Crippen LogP contribution in [0.3, 0.4) is 0 Å². The predicted molar refractivity (Wildman–Crippen MR) is 84.6 cm³/mol. The minimum absolute atomic E-state index is 0.321. The van der Waals surface area contributed by atoms with Gasteiger partial charge in [0.2, 0.25) is 0 Å². The van der Waals surface area contributed by atoms with E-state index in [4.69, 9.17) is 0 Å². The van der Waals surface area contributed by atoms with Crippen molar-refractivity contribution in [1.29, 1.82) is 0 Å². The first-order valence-corrected chi connectivity index (χ1v) is 7.86. The van der Waals surface area contributed by atoms with Crippen molar-refractivity contribution in [3.8, 4) is 0 Å². The number of hydrogen-bond acceptors (Lipinski definition) is 4. The highest BCUT2D eigenvalue weighted by molar-refractivity contribution is 5.49. The van der Waals surface area contributed by atoms with Gasteiger partial charge in [0.25, 0.3) is 0 Å². The highest BCUT2D eigenvalue weighted by Gasteiger charge is 2.28. The highest BCUT2D eigenvalue weighted by Crippen LogP contribution is 2.38. The van der Waals surface area contributed by atoms with Crippen molar-refractivity contribution < 1.29 is 0 Å². The number of fused-ring (bicyclic) bond motifs is 1. The first kappa shape index (κ1) is 14.0. The lowest BCUT2D eigenvalue weighted by atomic mass is 9.96. The molecule has 0 radical (unpaired) electrons. The van der Waals surface area contributed by atoms with Crippen LogP contribution in [0, 0.1) is 0 Å². The summed E-state index contributed by atoms with van der Waals surface area (Å²) in [5, 5.41) is 3.43. The Morgan fingerprint density at radius 2 is 2.10 bits per heavy atom. The number of aryl methyl sites for hydroxylation is 1. The van der Waals surface area contributed by atoms with Crippen LogP contribution in [0.15, 0.2) is 24.7 Å². The summed E-state index contributed by atoms with van der Waals surface area (Å²) < 4.78 is 0. The SMILES string of the molecule is CCCNc1ncnc(C2CCc3cccnc32)c1CC. The summed E-state index contributed by atoms with van der Waals surface area (Å²) in [6.45, 7) is 5.29. The number of nitrogens with zero attached hydrogens (tertiary/aromatic N) is 3. The molecule has 0 saturated heterocycles. The van der Waals surface area contributed by atoms with E-state index in [2.05, 4.69) is 40.2 Å². The predicted octanol–water partition coefficient (Wildman–Crippen LogP) is 3.33. The molecule has 4 nitrogen and oxygen atoms in total. The van der Waals surface area contributed by atoms with Crippen molar-refractivity contribution in [1.82, 2.24) is 15.0 Å². The molecular formula is C17H22N4. The van der Waals surface area contributed by atoms with Gasteiger partial charge in [-0.1, -0.05) is 19.9 Å². The Labute approximate surface area is 126 Å². The van der Waals surface area contributed by atoms with Crippen LogP contribution < -0.4 is 5.32 Å². The molecule has 1 N–H and O–H groups in total. The molecule has 0 fully saturated rings. The minimum Gasteiger partial charge on any atom is -0.370 e. The maximum atomic E-state index is 4.61. The first-order chi connectivity index (χ1) is 10.3. The van der Waals surface area contributed by atoms with Crippen molar-refractivity contribution in [2.75, 3.05) is 11.9 Å². The Kier molecular flexibility index (Phi) is 4.13. The highest BCUT2D eigenvalue weighted by atomic mass is 15.0. The van der Waals surface area contributed by atoms with E-state index in [1.165, 1.54) is 16.8 Å². The molecule has 2 aromatic heterocycles. The zero-order chi connectivity index (χ0) is 14.7. The monoisotopic (exact) mass is 282 g/mol. The molecule has 21 heavy (non-hydrogen) atoms. The number of nitrogens with one attached hydrogen (secondary N) is 1. The lowest BCUT2D eigenvalue weighted by molar-refractivity contribution is 0.727. The summed E-state index contributed by atoms with van der Waals surface area (Å²) in [6.07, 6.45) is 7.81. The zero-order valence-corrected chi connectivity index (χ0v) is 12.8. The molecule has 4 heteroatoms. The fourth-order valence-electron chi connectivity index (χ4n) is 3.15. The third-order valence-corrected chi connectivity index (χ3v) is 4.16. The summed E-state index contributed by atoms with van der Waals surface area (Å²) >= 11 is 0. The zero-order valence-electron chi connectivity index (χ0n) is 12.8. The van der Waals surface area contributed by atoms with Crippen molar-refractivity contribution in [3.05, 3.63) is 47.2 Å². The Bertz CT molecular complexity index is 624. The third kappa shape index (κ3) is 2.62. The van der Waals surface area contributed by atoms with E-state index in [1.807, 2.05) is 12.3 Å². The van der Waals surface area contributed by atoms with E-state index in [0.29, 0.717) is 5.92 Å². The molecule has 0 aliphatic heterocycles. The average molecular weight is 282 g/mol. The number of rotatable bonds is 5. The molecule has 1 aliphatic rings. The lowest BCUT2D eigenvalue weighted by Gasteiger charge is -2.17. The Balaban J connectivity index is 1.99. The van der Waals surface area contributed by atoms with Crippen LogP contribution in [-0.4, -0.2) is 21.5 Å². The van der Waals surface area contributed by atoms with Gasteiger partial charge >= 0.3 is 0 Å². The standard InChI is InChI=1S/C17H22N4/c1-3-9-19-17-13(4-2)16(20-11-21-17)14-8-7-12-6-5-10-18-15(12)14/h5-6,10-11,14H,3-4,7-9H2,1-2H3,(H,19,20,21). The molecule has 2 aromatic rings.